The van der Waals surface area contributed by atoms with E-state index in [1.165, 1.54) is 12.3 Å². The van der Waals surface area contributed by atoms with Crippen molar-refractivity contribution >= 4 is 21.6 Å². The second kappa shape index (κ2) is 6.18. The summed E-state index contributed by atoms with van der Waals surface area (Å²) in [5.74, 6) is -0.217. The highest BCUT2D eigenvalue weighted by Crippen LogP contribution is 2.17. The number of pyridine rings is 1. The van der Waals surface area contributed by atoms with Crippen LogP contribution in [0.1, 0.15) is 5.69 Å². The number of hydrogen-bond donors (Lipinski definition) is 1. The minimum absolute atomic E-state index is 0.217. The molecule has 1 aromatic heterocycles. The smallest absolute Gasteiger partial charge is 0.358 e. The van der Waals surface area contributed by atoms with Gasteiger partial charge in [0.05, 0.1) is 4.92 Å². The third-order valence-corrected chi connectivity index (χ3v) is 3.62. The molecule has 0 fully saturated rings. The number of hydrogen-bond acceptors (Lipinski definition) is 7. The zero-order valence-corrected chi connectivity index (χ0v) is 11.8. The fourth-order valence-corrected chi connectivity index (χ4v) is 2.16. The Kier molecular flexibility index (Phi) is 4.32. The van der Waals surface area contributed by atoms with Crippen LogP contribution >= 0.6 is 0 Å². The van der Waals surface area contributed by atoms with Crippen molar-refractivity contribution < 1.29 is 17.6 Å². The summed E-state index contributed by atoms with van der Waals surface area (Å²) in [5, 5.41) is 13.8. The molecule has 0 spiro atoms. The fourth-order valence-electron chi connectivity index (χ4n) is 1.43. The van der Waals surface area contributed by atoms with Crippen LogP contribution in [0.15, 0.2) is 58.7 Å². The van der Waals surface area contributed by atoms with Gasteiger partial charge in [-0.2, -0.15) is 8.42 Å². The second-order valence-electron chi connectivity index (χ2n) is 3.97. The topological polar surface area (TPSA) is 138 Å². The standard InChI is InChI=1S/C12H10N4O5S/c13-12(11-3-1-2-8-14-11)15-21-22(19,20)10-6-4-9(5-7-10)16(17)18/h1-8H,(H2,13,15). The molecule has 2 N–H and O–H groups in total. The van der Waals surface area contributed by atoms with Gasteiger partial charge in [-0.1, -0.05) is 6.07 Å². The van der Waals surface area contributed by atoms with Crippen molar-refractivity contribution in [3.8, 4) is 0 Å². The van der Waals surface area contributed by atoms with Crippen LogP contribution in [0.5, 0.6) is 0 Å². The zero-order valence-electron chi connectivity index (χ0n) is 11.0. The van der Waals surface area contributed by atoms with Gasteiger partial charge in [-0.3, -0.25) is 19.4 Å². The average Bonchev–Trinajstić information content (AvgIpc) is 2.53. The van der Waals surface area contributed by atoms with Crippen molar-refractivity contribution in [2.24, 2.45) is 10.9 Å². The summed E-state index contributed by atoms with van der Waals surface area (Å²) in [6.07, 6.45) is 1.46. The number of nitro benzene ring substituents is 1. The largest absolute Gasteiger partial charge is 0.379 e. The summed E-state index contributed by atoms with van der Waals surface area (Å²) in [7, 11) is -4.22. The minimum Gasteiger partial charge on any atom is -0.379 e. The van der Waals surface area contributed by atoms with E-state index < -0.39 is 15.0 Å². The van der Waals surface area contributed by atoms with Gasteiger partial charge >= 0.3 is 10.1 Å². The molecule has 9 nitrogen and oxygen atoms in total. The third-order valence-electron chi connectivity index (χ3n) is 2.50. The molecular formula is C12H10N4O5S. The van der Waals surface area contributed by atoms with E-state index >= 15 is 0 Å². The fraction of sp³-hybridized carbons (Fsp3) is 0. The maximum absolute atomic E-state index is 11.9. The van der Waals surface area contributed by atoms with Crippen LogP contribution in [0.2, 0.25) is 0 Å². The Morgan fingerprint density at radius 1 is 1.23 bits per heavy atom. The predicted octanol–water partition coefficient (Wildman–Crippen LogP) is 1.02. The van der Waals surface area contributed by atoms with Crippen molar-refractivity contribution in [3.05, 3.63) is 64.5 Å². The normalized spacial score (nSPS) is 11.9. The Balaban J connectivity index is 2.19. The molecule has 2 rings (SSSR count). The van der Waals surface area contributed by atoms with Crippen LogP contribution in [0.25, 0.3) is 0 Å². The Morgan fingerprint density at radius 3 is 2.45 bits per heavy atom. The Hall–Kier alpha value is -3.01. The first kappa shape index (κ1) is 15.4. The molecule has 0 radical (unpaired) electrons. The Bertz CT molecular complexity index is 803. The molecule has 0 amide bonds. The molecule has 0 saturated carbocycles. The summed E-state index contributed by atoms with van der Waals surface area (Å²) in [6, 6.07) is 9.01. The number of oxime groups is 1. The van der Waals surface area contributed by atoms with Crippen LogP contribution in [0, 0.1) is 10.1 Å². The van der Waals surface area contributed by atoms with Gasteiger partial charge in [0.15, 0.2) is 5.84 Å². The van der Waals surface area contributed by atoms with Crippen LogP contribution in [0.3, 0.4) is 0 Å². The van der Waals surface area contributed by atoms with Crippen molar-refractivity contribution in [2.75, 3.05) is 0 Å². The number of nitrogens with zero attached hydrogens (tertiary/aromatic N) is 3. The van der Waals surface area contributed by atoms with Gasteiger partial charge in [-0.25, -0.2) is 0 Å². The molecule has 1 aromatic carbocycles. The van der Waals surface area contributed by atoms with Crippen molar-refractivity contribution in [2.45, 2.75) is 4.90 Å². The van der Waals surface area contributed by atoms with E-state index in [0.29, 0.717) is 0 Å². The van der Waals surface area contributed by atoms with E-state index in [1.54, 1.807) is 12.1 Å². The third kappa shape index (κ3) is 3.55. The van der Waals surface area contributed by atoms with E-state index in [4.69, 9.17) is 5.73 Å². The van der Waals surface area contributed by atoms with E-state index in [1.807, 2.05) is 0 Å². The van der Waals surface area contributed by atoms with Crippen LogP contribution in [-0.2, 0) is 14.4 Å². The number of non-ortho nitro benzene ring substituents is 1. The number of nitro groups is 1. The van der Waals surface area contributed by atoms with Crippen LogP contribution < -0.4 is 5.73 Å². The number of amidine groups is 1. The average molecular weight is 322 g/mol. The highest BCUT2D eigenvalue weighted by Gasteiger charge is 2.18. The number of aromatic nitrogens is 1. The van der Waals surface area contributed by atoms with Crippen LogP contribution in [-0.4, -0.2) is 24.2 Å². The summed E-state index contributed by atoms with van der Waals surface area (Å²) in [5.41, 5.74) is 5.56. The maximum Gasteiger partial charge on any atom is 0.358 e. The minimum atomic E-state index is -4.22. The summed E-state index contributed by atoms with van der Waals surface area (Å²) in [4.78, 5) is 13.5. The lowest BCUT2D eigenvalue weighted by molar-refractivity contribution is -0.384. The van der Waals surface area contributed by atoms with Crippen molar-refractivity contribution in [3.63, 3.8) is 0 Å². The van der Waals surface area contributed by atoms with E-state index in [9.17, 15) is 18.5 Å². The lowest BCUT2D eigenvalue weighted by Crippen LogP contribution is -2.16. The Labute approximate surface area is 125 Å². The predicted molar refractivity (Wildman–Crippen MR) is 76.3 cm³/mol. The first-order chi connectivity index (χ1) is 10.4. The molecule has 0 bridgehead atoms. The van der Waals surface area contributed by atoms with Gasteiger partial charge in [-0.15, -0.1) is 0 Å². The molecule has 1 heterocycles. The lowest BCUT2D eigenvalue weighted by Gasteiger charge is -2.02. The summed E-state index contributed by atoms with van der Waals surface area (Å²) < 4.78 is 28.2. The molecule has 0 aliphatic rings. The van der Waals surface area contributed by atoms with Gasteiger partial charge in [0.25, 0.3) is 5.69 Å². The number of nitrogens with two attached hydrogens (primary N) is 1. The zero-order chi connectivity index (χ0) is 16.2. The molecule has 0 unspecified atom stereocenters. The van der Waals surface area contributed by atoms with Gasteiger partial charge in [0, 0.05) is 18.3 Å². The second-order valence-corrected chi connectivity index (χ2v) is 5.50. The van der Waals surface area contributed by atoms with Gasteiger partial charge in [0.1, 0.15) is 10.6 Å². The maximum atomic E-state index is 11.9. The Morgan fingerprint density at radius 2 is 1.91 bits per heavy atom. The monoisotopic (exact) mass is 322 g/mol. The van der Waals surface area contributed by atoms with E-state index in [2.05, 4.69) is 14.4 Å². The first-order valence-electron chi connectivity index (χ1n) is 5.83. The SMILES string of the molecule is N/C(=N/OS(=O)(=O)c1ccc([N+](=O)[O-])cc1)c1ccccn1. The quantitative estimate of drug-likeness (QED) is 0.375. The van der Waals surface area contributed by atoms with Crippen LogP contribution in [0.4, 0.5) is 5.69 Å². The molecule has 0 atom stereocenters. The van der Waals surface area contributed by atoms with Crippen molar-refractivity contribution in [1.82, 2.24) is 4.98 Å². The highest BCUT2D eigenvalue weighted by molar-refractivity contribution is 7.86. The lowest BCUT2D eigenvalue weighted by atomic mass is 10.3. The molecule has 10 heteroatoms. The molecule has 114 valence electrons. The van der Waals surface area contributed by atoms with E-state index in [-0.39, 0.29) is 22.1 Å². The molecule has 0 aliphatic heterocycles. The molecule has 0 aliphatic carbocycles. The summed E-state index contributed by atoms with van der Waals surface area (Å²) >= 11 is 0. The molecule has 0 saturated heterocycles. The van der Waals surface area contributed by atoms with Gasteiger partial charge in [-0.05, 0) is 29.4 Å². The first-order valence-corrected chi connectivity index (χ1v) is 7.24. The molecule has 22 heavy (non-hydrogen) atoms. The molecular weight excluding hydrogens is 312 g/mol. The number of rotatable bonds is 5. The number of benzene rings is 1. The van der Waals surface area contributed by atoms with Crippen molar-refractivity contribution in [1.29, 1.82) is 0 Å². The van der Waals surface area contributed by atoms with Gasteiger partial charge in [0.2, 0.25) is 0 Å². The molecule has 2 aromatic rings. The van der Waals surface area contributed by atoms with Gasteiger partial charge < -0.3 is 5.73 Å². The van der Waals surface area contributed by atoms with E-state index in [0.717, 1.165) is 24.3 Å². The highest BCUT2D eigenvalue weighted by atomic mass is 32.2. The summed E-state index contributed by atoms with van der Waals surface area (Å²) in [6.45, 7) is 0.